The van der Waals surface area contributed by atoms with Crippen LogP contribution in [0.3, 0.4) is 0 Å². The molecule has 2 rings (SSSR count). The molecule has 2 aromatic rings. The van der Waals surface area contributed by atoms with Gasteiger partial charge in [0.05, 0.1) is 12.0 Å². The van der Waals surface area contributed by atoms with Crippen molar-refractivity contribution in [3.8, 4) is 0 Å². The molecular formula is C12H17N5O. The van der Waals surface area contributed by atoms with Crippen molar-refractivity contribution in [1.29, 1.82) is 0 Å². The molecule has 0 aromatic carbocycles. The van der Waals surface area contributed by atoms with Gasteiger partial charge < -0.3 is 10.3 Å². The third-order valence-corrected chi connectivity index (χ3v) is 2.63. The van der Waals surface area contributed by atoms with Gasteiger partial charge in [0.1, 0.15) is 0 Å². The van der Waals surface area contributed by atoms with Gasteiger partial charge in [0.25, 0.3) is 5.56 Å². The molecule has 18 heavy (non-hydrogen) atoms. The molecule has 0 fully saturated rings. The Labute approximate surface area is 105 Å². The van der Waals surface area contributed by atoms with Crippen LogP contribution in [-0.4, -0.2) is 26.5 Å². The molecule has 0 amide bonds. The molecule has 0 atom stereocenters. The number of anilines is 1. The van der Waals surface area contributed by atoms with Crippen LogP contribution in [0.2, 0.25) is 0 Å². The van der Waals surface area contributed by atoms with Crippen LogP contribution in [0.4, 0.5) is 5.95 Å². The van der Waals surface area contributed by atoms with Gasteiger partial charge in [-0.2, -0.15) is 0 Å². The van der Waals surface area contributed by atoms with E-state index in [2.05, 4.69) is 25.3 Å². The third-order valence-electron chi connectivity index (χ3n) is 2.63. The molecule has 0 spiro atoms. The maximum Gasteiger partial charge on any atom is 0.252 e. The number of unbranched alkanes of at least 4 members (excludes halogenated alkanes) is 2. The highest BCUT2D eigenvalue weighted by Gasteiger charge is 1.96. The number of hydrogen-bond acceptors (Lipinski definition) is 4. The molecule has 0 bridgehead atoms. The van der Waals surface area contributed by atoms with Gasteiger partial charge in [0, 0.05) is 25.0 Å². The van der Waals surface area contributed by atoms with E-state index in [-0.39, 0.29) is 5.56 Å². The Kier molecular flexibility index (Phi) is 4.52. The Morgan fingerprint density at radius 2 is 2.17 bits per heavy atom. The Morgan fingerprint density at radius 1 is 1.22 bits per heavy atom. The summed E-state index contributed by atoms with van der Waals surface area (Å²) < 4.78 is 0. The minimum absolute atomic E-state index is 0.133. The first kappa shape index (κ1) is 12.3. The number of H-pyrrole nitrogens is 2. The van der Waals surface area contributed by atoms with Gasteiger partial charge in [-0.25, -0.2) is 9.97 Å². The number of aryl methyl sites for hydroxylation is 1. The van der Waals surface area contributed by atoms with E-state index in [1.807, 2.05) is 6.20 Å². The number of nitrogens with zero attached hydrogens (tertiary/aromatic N) is 2. The molecule has 0 aliphatic rings. The molecular weight excluding hydrogens is 230 g/mol. The number of imidazole rings is 1. The van der Waals surface area contributed by atoms with Gasteiger partial charge in [-0.1, -0.05) is 6.42 Å². The van der Waals surface area contributed by atoms with Gasteiger partial charge in [-0.05, 0) is 19.3 Å². The normalized spacial score (nSPS) is 10.4. The number of aromatic amines is 2. The van der Waals surface area contributed by atoms with Gasteiger partial charge in [-0.15, -0.1) is 0 Å². The Hall–Kier alpha value is -2.11. The summed E-state index contributed by atoms with van der Waals surface area (Å²) in [5, 5.41) is 3.09. The molecule has 6 heteroatoms. The minimum atomic E-state index is -0.133. The maximum absolute atomic E-state index is 11.0. The van der Waals surface area contributed by atoms with E-state index in [4.69, 9.17) is 0 Å². The molecule has 2 aromatic heterocycles. The zero-order valence-electron chi connectivity index (χ0n) is 10.1. The van der Waals surface area contributed by atoms with E-state index < -0.39 is 0 Å². The largest absolute Gasteiger partial charge is 0.356 e. The predicted molar refractivity (Wildman–Crippen MR) is 69.5 cm³/mol. The summed E-state index contributed by atoms with van der Waals surface area (Å²) in [6.45, 7) is 0.813. The summed E-state index contributed by atoms with van der Waals surface area (Å²) in [5.41, 5.74) is 0.975. The van der Waals surface area contributed by atoms with Crippen LogP contribution in [0.1, 0.15) is 25.0 Å². The van der Waals surface area contributed by atoms with Gasteiger partial charge in [0.15, 0.2) is 0 Å². The highest BCUT2D eigenvalue weighted by atomic mass is 16.1. The summed E-state index contributed by atoms with van der Waals surface area (Å²) in [5.74, 6) is 0.537. The molecule has 0 unspecified atom stereocenters. The molecule has 0 aliphatic heterocycles. The quantitative estimate of drug-likeness (QED) is 0.644. The van der Waals surface area contributed by atoms with E-state index in [0.717, 1.165) is 37.9 Å². The second-order valence-electron chi connectivity index (χ2n) is 4.08. The van der Waals surface area contributed by atoms with E-state index in [1.54, 1.807) is 6.33 Å². The van der Waals surface area contributed by atoms with Crippen LogP contribution in [0.15, 0.2) is 29.6 Å². The fourth-order valence-corrected chi connectivity index (χ4v) is 1.70. The van der Waals surface area contributed by atoms with Crippen LogP contribution in [0, 0.1) is 0 Å². The lowest BCUT2D eigenvalue weighted by Crippen LogP contribution is -2.11. The first-order chi connectivity index (χ1) is 8.84. The third kappa shape index (κ3) is 4.04. The van der Waals surface area contributed by atoms with Crippen molar-refractivity contribution in [3.63, 3.8) is 0 Å². The van der Waals surface area contributed by atoms with Gasteiger partial charge >= 0.3 is 0 Å². The van der Waals surface area contributed by atoms with Crippen LogP contribution in [0.25, 0.3) is 0 Å². The molecule has 96 valence electrons. The molecule has 0 saturated carbocycles. The van der Waals surface area contributed by atoms with Crippen molar-refractivity contribution in [3.05, 3.63) is 40.8 Å². The lowest BCUT2D eigenvalue weighted by molar-refractivity contribution is 0.689. The van der Waals surface area contributed by atoms with Crippen LogP contribution in [0.5, 0.6) is 0 Å². The lowest BCUT2D eigenvalue weighted by atomic mass is 10.1. The molecule has 2 heterocycles. The van der Waals surface area contributed by atoms with Crippen molar-refractivity contribution in [2.45, 2.75) is 25.7 Å². The van der Waals surface area contributed by atoms with E-state index in [0.29, 0.717) is 5.95 Å². The molecule has 6 nitrogen and oxygen atoms in total. The standard InChI is InChI=1S/C12H17N5O/c18-11-5-7-15-12(17-11)14-6-3-1-2-4-10-8-13-9-16-10/h5,7-9H,1-4,6H2,(H,13,16)(H2,14,15,17,18). The lowest BCUT2D eigenvalue weighted by Gasteiger charge is -2.04. The first-order valence-electron chi connectivity index (χ1n) is 6.11. The second-order valence-corrected chi connectivity index (χ2v) is 4.08. The fraction of sp³-hybridized carbons (Fsp3) is 0.417. The minimum Gasteiger partial charge on any atom is -0.356 e. The van der Waals surface area contributed by atoms with Crippen LogP contribution < -0.4 is 10.9 Å². The van der Waals surface area contributed by atoms with Crippen LogP contribution >= 0.6 is 0 Å². The van der Waals surface area contributed by atoms with Gasteiger partial charge in [-0.3, -0.25) is 9.78 Å². The Morgan fingerprint density at radius 3 is 2.94 bits per heavy atom. The number of nitrogens with one attached hydrogen (secondary N) is 3. The first-order valence-corrected chi connectivity index (χ1v) is 6.11. The van der Waals surface area contributed by atoms with Gasteiger partial charge in [0.2, 0.25) is 5.95 Å². The van der Waals surface area contributed by atoms with Crippen molar-refractivity contribution in [2.75, 3.05) is 11.9 Å². The second kappa shape index (κ2) is 6.58. The number of aromatic nitrogens is 4. The highest BCUT2D eigenvalue weighted by molar-refractivity contribution is 5.21. The zero-order valence-corrected chi connectivity index (χ0v) is 10.1. The zero-order chi connectivity index (χ0) is 12.6. The molecule has 0 saturated heterocycles. The van der Waals surface area contributed by atoms with Crippen molar-refractivity contribution in [1.82, 2.24) is 19.9 Å². The average molecular weight is 247 g/mol. The van der Waals surface area contributed by atoms with Crippen molar-refractivity contribution in [2.24, 2.45) is 0 Å². The number of rotatable bonds is 7. The molecule has 0 aliphatic carbocycles. The fourth-order valence-electron chi connectivity index (χ4n) is 1.70. The van der Waals surface area contributed by atoms with E-state index >= 15 is 0 Å². The summed E-state index contributed by atoms with van der Waals surface area (Å²) in [6, 6.07) is 1.40. The SMILES string of the molecule is O=c1ccnc(NCCCCCc2c[nH]cn2)[nH]1. The van der Waals surface area contributed by atoms with Crippen molar-refractivity contribution >= 4 is 5.95 Å². The predicted octanol–water partition coefficient (Wildman–Crippen LogP) is 1.32. The van der Waals surface area contributed by atoms with Crippen LogP contribution in [-0.2, 0) is 6.42 Å². The topological polar surface area (TPSA) is 86.5 Å². The highest BCUT2D eigenvalue weighted by Crippen LogP contribution is 2.03. The molecule has 0 radical (unpaired) electrons. The summed E-state index contributed by atoms with van der Waals surface area (Å²) in [4.78, 5) is 24.8. The summed E-state index contributed by atoms with van der Waals surface area (Å²) >= 11 is 0. The smallest absolute Gasteiger partial charge is 0.252 e. The number of hydrogen-bond donors (Lipinski definition) is 3. The van der Waals surface area contributed by atoms with E-state index in [1.165, 1.54) is 12.3 Å². The summed E-state index contributed by atoms with van der Waals surface area (Å²) in [7, 11) is 0. The summed E-state index contributed by atoms with van der Waals surface area (Å²) in [6.07, 6.45) is 9.42. The Balaban J connectivity index is 1.57. The average Bonchev–Trinajstić information content (AvgIpc) is 2.87. The Bertz CT molecular complexity index is 505. The van der Waals surface area contributed by atoms with E-state index in [9.17, 15) is 4.79 Å². The maximum atomic E-state index is 11.0. The monoisotopic (exact) mass is 247 g/mol. The van der Waals surface area contributed by atoms with Crippen molar-refractivity contribution < 1.29 is 0 Å². The molecule has 3 N–H and O–H groups in total.